The van der Waals surface area contributed by atoms with E-state index in [9.17, 15) is 19.8 Å². The van der Waals surface area contributed by atoms with Crippen molar-refractivity contribution in [1.29, 1.82) is 0 Å². The Hall–Kier alpha value is -2.89. The summed E-state index contributed by atoms with van der Waals surface area (Å²) < 4.78 is 18.6. The first-order chi connectivity index (χ1) is 21.1. The smallest absolute Gasteiger partial charge is 0.265 e. The van der Waals surface area contributed by atoms with Crippen LogP contribution in [0.25, 0.3) is 5.76 Å². The summed E-state index contributed by atoms with van der Waals surface area (Å²) in [6.45, 7) is 6.69. The molecule has 0 radical (unpaired) electrons. The first kappa shape index (κ1) is 31.1. The largest absolute Gasteiger partial charge is 0.507 e. The van der Waals surface area contributed by atoms with E-state index in [1.807, 2.05) is 32.0 Å². The van der Waals surface area contributed by atoms with Crippen LogP contribution in [0.15, 0.2) is 20.6 Å². The number of unbranched alkanes of at least 4 members (excludes halogenated alkanes) is 2. The first-order valence-electron chi connectivity index (χ1n) is 15.9. The number of aromatic nitrogens is 1. The number of ether oxygens (including phenoxy) is 2. The Morgan fingerprint density at radius 1 is 1.09 bits per heavy atom. The Kier molecular flexibility index (Phi) is 8.58. The van der Waals surface area contributed by atoms with Gasteiger partial charge < -0.3 is 29.1 Å². The molecular weight excluding hydrogens is 630 g/mol. The van der Waals surface area contributed by atoms with Crippen LogP contribution < -0.4 is 14.4 Å². The van der Waals surface area contributed by atoms with Gasteiger partial charge in [-0.25, -0.2) is 0 Å². The molecule has 1 aromatic carbocycles. The second-order valence-electron chi connectivity index (χ2n) is 12.7. The normalized spacial score (nSPS) is 26.1. The number of benzene rings is 1. The van der Waals surface area contributed by atoms with Gasteiger partial charge in [0.2, 0.25) is 11.6 Å². The molecule has 6 rings (SSSR count). The molecule has 238 valence electrons. The fourth-order valence-corrected chi connectivity index (χ4v) is 8.27. The summed E-state index contributed by atoms with van der Waals surface area (Å²) in [6.07, 6.45) is 6.33. The molecule has 2 fully saturated rings. The fourth-order valence-electron chi connectivity index (χ4n) is 7.58. The molecule has 4 aliphatic rings. The van der Waals surface area contributed by atoms with Crippen molar-refractivity contribution in [3.63, 3.8) is 0 Å². The van der Waals surface area contributed by atoms with Crippen molar-refractivity contribution in [3.05, 3.63) is 38.6 Å². The number of carbonyl (C=O) groups excluding carboxylic acids is 2. The number of halogens is 1. The number of carbonyl (C=O) groups is 2. The number of Topliss-reactive ketones (excluding diaryl/α,β-unsaturated/α-hetero) is 2. The third-order valence-electron chi connectivity index (χ3n) is 9.72. The monoisotopic (exact) mass is 671 g/mol. The van der Waals surface area contributed by atoms with Crippen molar-refractivity contribution in [3.8, 4) is 11.6 Å². The molecule has 0 bridgehead atoms. The predicted molar refractivity (Wildman–Crippen MR) is 168 cm³/mol. The van der Waals surface area contributed by atoms with E-state index in [1.165, 1.54) is 0 Å². The van der Waals surface area contributed by atoms with Gasteiger partial charge in [-0.15, -0.1) is 0 Å². The van der Waals surface area contributed by atoms with Crippen LogP contribution in [0.5, 0.6) is 11.6 Å². The number of fused-ring (bicyclic) bond motifs is 4. The van der Waals surface area contributed by atoms with E-state index in [2.05, 4.69) is 32.9 Å². The molecule has 44 heavy (non-hydrogen) atoms. The van der Waals surface area contributed by atoms with Crippen molar-refractivity contribution in [1.82, 2.24) is 10.1 Å². The van der Waals surface area contributed by atoms with E-state index < -0.39 is 35.0 Å². The van der Waals surface area contributed by atoms with Crippen LogP contribution in [0.3, 0.4) is 0 Å². The molecule has 11 heteroatoms. The number of hydrogen-bond donors (Lipinski definition) is 2. The van der Waals surface area contributed by atoms with Crippen LogP contribution in [-0.2, 0) is 11.2 Å². The van der Waals surface area contributed by atoms with Gasteiger partial charge in [0.15, 0.2) is 11.4 Å². The highest BCUT2D eigenvalue weighted by Gasteiger charge is 2.65. The van der Waals surface area contributed by atoms with Crippen molar-refractivity contribution in [2.75, 3.05) is 45.3 Å². The highest BCUT2D eigenvalue weighted by Crippen LogP contribution is 2.57. The molecule has 10 nitrogen and oxygen atoms in total. The molecule has 2 aromatic rings. The lowest BCUT2D eigenvalue weighted by Gasteiger charge is -2.49. The molecule has 0 spiro atoms. The van der Waals surface area contributed by atoms with Crippen molar-refractivity contribution < 1.29 is 33.8 Å². The van der Waals surface area contributed by atoms with Gasteiger partial charge in [-0.3, -0.25) is 14.5 Å². The van der Waals surface area contributed by atoms with Crippen molar-refractivity contribution >= 4 is 38.9 Å². The Labute approximate surface area is 266 Å². The first-order valence-corrected chi connectivity index (χ1v) is 16.7. The quantitative estimate of drug-likeness (QED) is 0.242. The summed E-state index contributed by atoms with van der Waals surface area (Å²) in [5.41, 5.74) is 0.0946. The van der Waals surface area contributed by atoms with Crippen LogP contribution in [0.1, 0.15) is 92.1 Å². The highest BCUT2D eigenvalue weighted by atomic mass is 79.9. The molecule has 1 saturated heterocycles. The maximum Gasteiger partial charge on any atom is 0.265 e. The van der Waals surface area contributed by atoms with E-state index >= 15 is 0 Å². The second kappa shape index (κ2) is 12.1. The minimum atomic E-state index is -2.41. The number of aliphatic hydroxyl groups excluding tert-OH is 1. The van der Waals surface area contributed by atoms with Crippen LogP contribution in [0.2, 0.25) is 0 Å². The SMILES string of the molecule is CCCCOc1cc(Br)c(N2CCCC2)c2c1C(O)=C1C(=O)[C@]3(O)C(=O)c4c(OCCCC)noc4[C@@H](N(C)C)[C@@H]3C[C@@H]1C2. The number of anilines is 1. The van der Waals surface area contributed by atoms with Gasteiger partial charge in [0.25, 0.3) is 5.88 Å². The number of hydrogen-bond acceptors (Lipinski definition) is 10. The Balaban J connectivity index is 1.49. The number of nitrogens with zero attached hydrogens (tertiary/aromatic N) is 3. The average Bonchev–Trinajstić information content (AvgIpc) is 3.66. The maximum absolute atomic E-state index is 14.5. The zero-order valence-corrected chi connectivity index (χ0v) is 27.5. The lowest BCUT2D eigenvalue weighted by Crippen LogP contribution is -2.63. The number of rotatable bonds is 10. The molecule has 2 heterocycles. The lowest BCUT2D eigenvalue weighted by molar-refractivity contribution is -0.142. The summed E-state index contributed by atoms with van der Waals surface area (Å²) >= 11 is 3.80. The van der Waals surface area contributed by atoms with Crippen molar-refractivity contribution in [2.45, 2.75) is 76.9 Å². The van der Waals surface area contributed by atoms with E-state index in [-0.39, 0.29) is 22.8 Å². The van der Waals surface area contributed by atoms with Crippen LogP contribution in [-0.4, -0.2) is 77.8 Å². The lowest BCUT2D eigenvalue weighted by atomic mass is 9.57. The molecule has 1 saturated carbocycles. The van der Waals surface area contributed by atoms with Gasteiger partial charge in [-0.2, -0.15) is 0 Å². The summed E-state index contributed by atoms with van der Waals surface area (Å²) in [5, 5.41) is 28.3. The topological polar surface area (TPSA) is 126 Å². The van der Waals surface area contributed by atoms with Gasteiger partial charge in [-0.05, 0) is 91.3 Å². The summed E-state index contributed by atoms with van der Waals surface area (Å²) in [7, 11) is 3.66. The van der Waals surface area contributed by atoms with E-state index in [1.54, 1.807) is 0 Å². The molecule has 1 aromatic heterocycles. The van der Waals surface area contributed by atoms with Gasteiger partial charge in [0.1, 0.15) is 17.1 Å². The Morgan fingerprint density at radius 2 is 1.77 bits per heavy atom. The van der Waals surface area contributed by atoms with E-state index in [4.69, 9.17) is 14.0 Å². The Bertz CT molecular complexity index is 1490. The fraction of sp³-hybridized carbons (Fsp3) is 0.606. The predicted octanol–water partition coefficient (Wildman–Crippen LogP) is 5.66. The summed E-state index contributed by atoms with van der Waals surface area (Å²) in [6, 6.07) is 1.27. The molecule has 2 N–H and O–H groups in total. The standard InChI is InChI=1S/C33H42BrN3O7/c1-5-7-13-42-22-17-21(34)26(37-11-9-10-12-37)19-15-18-16-20-27(36(3)4)29-25(32(35-44-29)43-14-8-6-2)31(40)33(20,41)30(39)23(18)28(38)24(19)22/h17-18,20,27,38,41H,5-16H2,1-4H3/t18-,20-,27-,33-/m0/s1. The summed E-state index contributed by atoms with van der Waals surface area (Å²) in [4.78, 5) is 32.9. The minimum Gasteiger partial charge on any atom is -0.507 e. The number of ketones is 2. The van der Waals surface area contributed by atoms with Crippen LogP contribution in [0, 0.1) is 11.8 Å². The number of aliphatic hydroxyl groups is 2. The molecular formula is C33H42BrN3O7. The summed E-state index contributed by atoms with van der Waals surface area (Å²) in [5.74, 6) is -2.22. The Morgan fingerprint density at radius 3 is 2.43 bits per heavy atom. The van der Waals surface area contributed by atoms with E-state index in [0.29, 0.717) is 43.1 Å². The van der Waals surface area contributed by atoms with Gasteiger partial charge in [-0.1, -0.05) is 26.7 Å². The van der Waals surface area contributed by atoms with Gasteiger partial charge in [0.05, 0.1) is 30.5 Å². The highest BCUT2D eigenvalue weighted by molar-refractivity contribution is 9.10. The van der Waals surface area contributed by atoms with E-state index in [0.717, 1.165) is 67.3 Å². The molecule has 0 amide bonds. The third kappa shape index (κ3) is 4.77. The van der Waals surface area contributed by atoms with Gasteiger partial charge >= 0.3 is 0 Å². The molecule has 1 aliphatic heterocycles. The maximum atomic E-state index is 14.5. The zero-order valence-electron chi connectivity index (χ0n) is 25.9. The zero-order chi connectivity index (χ0) is 31.3. The minimum absolute atomic E-state index is 0.00508. The third-order valence-corrected chi connectivity index (χ3v) is 10.3. The van der Waals surface area contributed by atoms with Crippen molar-refractivity contribution in [2.24, 2.45) is 11.8 Å². The molecule has 0 unspecified atom stereocenters. The molecule has 4 atom stereocenters. The average molecular weight is 673 g/mol. The van der Waals surface area contributed by atoms with Gasteiger partial charge in [0, 0.05) is 29.1 Å². The van der Waals surface area contributed by atoms with Crippen LogP contribution in [0.4, 0.5) is 5.69 Å². The second-order valence-corrected chi connectivity index (χ2v) is 13.6. The van der Waals surface area contributed by atoms with Crippen LogP contribution >= 0.6 is 15.9 Å². The molecule has 3 aliphatic carbocycles.